The average molecular weight is 737 g/mol. The smallest absolute Gasteiger partial charge is 0.143 e. The molecule has 1 nitrogen and oxygen atoms in total. The molecule has 9 aromatic carbocycles. The first-order valence-corrected chi connectivity index (χ1v) is 19.0. The molecule has 0 saturated carbocycles. The highest BCUT2D eigenvalue weighted by Gasteiger charge is 2.30. The molecule has 0 saturated heterocycles. The van der Waals surface area contributed by atoms with Crippen molar-refractivity contribution >= 4 is 302 Å². The lowest BCUT2D eigenvalue weighted by molar-refractivity contribution is 0.670. The Morgan fingerprint density at radius 1 is 0.274 bits per heavy atom. The molecule has 0 spiro atoms. The zero-order chi connectivity index (χ0) is 44.3. The van der Waals surface area contributed by atoms with Crippen LogP contribution in [0.5, 0.6) is 0 Å². The van der Waals surface area contributed by atoms with E-state index < -0.39 is 0 Å². The van der Waals surface area contributed by atoms with Gasteiger partial charge in [-0.1, -0.05) is 91.6 Å². The van der Waals surface area contributed by atoms with Crippen LogP contribution in [0.2, 0.25) is 0 Å². The normalized spacial score (nSPS) is 12.0. The van der Waals surface area contributed by atoms with Crippen LogP contribution in [0.25, 0.3) is 98.1 Å². The van der Waals surface area contributed by atoms with Gasteiger partial charge >= 0.3 is 0 Å². The molecule has 0 N–H and O–H groups in total. The lowest BCUT2D eigenvalue weighted by atomic mass is 9.56. The standard InChI is InChI=1S/C44H9B17O/c45-27-20(23-24(33(51)41(59)40(58)32(23)50)25-26(27)35(53)43(61)42(60)34(25)52)17-21-18(28(46)36(54)38(56)30(21)48)16(19-22(17)31(49)39(57)37(55)29(19)47)13-7-3-6-12-14-8-10-4-1-2-5-11(10)9-15(14)62-44(12)13/h1-9H. The summed E-state index contributed by atoms with van der Waals surface area (Å²) in [6.45, 7) is 0. The zero-order valence-corrected chi connectivity index (χ0v) is 32.9. The molecule has 0 aliphatic carbocycles. The third-order valence-corrected chi connectivity index (χ3v) is 12.6. The Kier molecular flexibility index (Phi) is 9.37. The summed E-state index contributed by atoms with van der Waals surface area (Å²) in [6, 6.07) is 17.7. The van der Waals surface area contributed by atoms with Crippen molar-refractivity contribution in [1.82, 2.24) is 0 Å². The highest BCUT2D eigenvalue weighted by Crippen LogP contribution is 2.45. The van der Waals surface area contributed by atoms with Crippen LogP contribution in [0.15, 0.2) is 59.0 Å². The van der Waals surface area contributed by atoms with E-state index in [9.17, 15) is 0 Å². The average Bonchev–Trinajstić information content (AvgIpc) is 3.63. The minimum atomic E-state index is -0.0631. The Balaban J connectivity index is 1.56. The van der Waals surface area contributed by atoms with Crippen LogP contribution in [0, 0.1) is 0 Å². The van der Waals surface area contributed by atoms with Gasteiger partial charge in [-0.05, 0) is 82.7 Å². The minimum Gasteiger partial charge on any atom is -0.455 e. The molecule has 0 atom stereocenters. The summed E-state index contributed by atoms with van der Waals surface area (Å²) >= 11 is 0. The molecule has 0 bridgehead atoms. The van der Waals surface area contributed by atoms with E-state index >= 15 is 0 Å². The van der Waals surface area contributed by atoms with Gasteiger partial charge in [0.25, 0.3) is 0 Å². The van der Waals surface area contributed by atoms with E-state index in [-0.39, 0.29) is 147 Å². The first-order valence-electron chi connectivity index (χ1n) is 19.0. The lowest BCUT2D eigenvalue weighted by Gasteiger charge is -2.32. The SMILES string of the molecule is [B]c1c([B])c([B])c2c(-c3c([B])c4c([B])c([B])c([B])c([B])c4c4c([B])c([B])c([B])c([B])c34)c3c([B])c([B])c([B])c([B])c3c(-c3cccc4c3oc3cc5ccccc5cc34)c2c1[B]. The number of para-hydroxylation sites is 1. The molecule has 62 heavy (non-hydrogen) atoms. The molecule has 10 rings (SSSR count). The molecular weight excluding hydrogens is 728 g/mol. The molecule has 10 aromatic rings. The second-order valence-electron chi connectivity index (χ2n) is 15.6. The van der Waals surface area contributed by atoms with Gasteiger partial charge in [0.1, 0.15) is 145 Å². The molecule has 34 radical (unpaired) electrons. The minimum absolute atomic E-state index is 0.00339. The van der Waals surface area contributed by atoms with E-state index in [1.165, 1.54) is 0 Å². The Bertz CT molecular complexity index is 3700. The number of hydrogen-bond acceptors (Lipinski definition) is 1. The van der Waals surface area contributed by atoms with Crippen LogP contribution in [-0.2, 0) is 0 Å². The van der Waals surface area contributed by atoms with Crippen molar-refractivity contribution < 1.29 is 4.42 Å². The summed E-state index contributed by atoms with van der Waals surface area (Å²) in [5, 5.41) is 5.33. The topological polar surface area (TPSA) is 13.1 Å². The molecule has 1 heterocycles. The summed E-state index contributed by atoms with van der Waals surface area (Å²) in [5.41, 5.74) is 1.93. The van der Waals surface area contributed by atoms with Gasteiger partial charge in [0.05, 0.1) is 0 Å². The van der Waals surface area contributed by atoms with E-state index in [1.54, 1.807) is 0 Å². The second kappa shape index (κ2) is 14.1. The Hall–Kier alpha value is -4.82. The molecule has 1 aromatic heterocycles. The largest absolute Gasteiger partial charge is 0.455 e. The molecule has 0 unspecified atom stereocenters. The maximum Gasteiger partial charge on any atom is 0.143 e. The number of benzene rings is 9. The Morgan fingerprint density at radius 3 is 1.11 bits per heavy atom. The van der Waals surface area contributed by atoms with E-state index in [2.05, 4.69) is 6.07 Å². The van der Waals surface area contributed by atoms with E-state index in [4.69, 9.17) is 138 Å². The van der Waals surface area contributed by atoms with Crippen LogP contribution in [0.3, 0.4) is 0 Å². The third-order valence-electron chi connectivity index (χ3n) is 12.6. The molecule has 0 amide bonds. The third kappa shape index (κ3) is 5.22. The first-order chi connectivity index (χ1) is 29.4. The van der Waals surface area contributed by atoms with Crippen molar-refractivity contribution in [3.8, 4) is 22.3 Å². The summed E-state index contributed by atoms with van der Waals surface area (Å²) in [7, 11) is 116. The quantitative estimate of drug-likeness (QED) is 0.0979. The van der Waals surface area contributed by atoms with Crippen molar-refractivity contribution in [2.45, 2.75) is 0 Å². The van der Waals surface area contributed by atoms with Crippen LogP contribution >= 0.6 is 0 Å². The highest BCUT2D eigenvalue weighted by molar-refractivity contribution is 6.76. The second-order valence-corrected chi connectivity index (χ2v) is 15.6. The van der Waals surface area contributed by atoms with Crippen molar-refractivity contribution in [3.63, 3.8) is 0 Å². The number of hydrogen-bond donors (Lipinski definition) is 0. The van der Waals surface area contributed by atoms with E-state index in [1.807, 2.05) is 48.5 Å². The van der Waals surface area contributed by atoms with Gasteiger partial charge in [-0.15, -0.1) is 43.7 Å². The van der Waals surface area contributed by atoms with Crippen LogP contribution in [0.4, 0.5) is 0 Å². The van der Waals surface area contributed by atoms with Crippen molar-refractivity contribution in [3.05, 3.63) is 54.6 Å². The number of rotatable bonds is 2. The fraction of sp³-hybridized carbons (Fsp3) is 0. The van der Waals surface area contributed by atoms with E-state index in [0.29, 0.717) is 22.3 Å². The first kappa shape index (κ1) is 41.2. The van der Waals surface area contributed by atoms with Gasteiger partial charge in [-0.3, -0.25) is 0 Å². The van der Waals surface area contributed by atoms with Gasteiger partial charge in [0, 0.05) is 16.3 Å². The number of furan rings is 1. The Morgan fingerprint density at radius 2 is 0.645 bits per heavy atom. The van der Waals surface area contributed by atoms with Crippen LogP contribution in [0.1, 0.15) is 0 Å². The predicted molar refractivity (Wildman–Crippen MR) is 284 cm³/mol. The summed E-state index contributed by atoms with van der Waals surface area (Å²) in [6.07, 6.45) is 0. The number of fused-ring (bicyclic) bond motifs is 9. The Labute approximate surface area is 381 Å². The zero-order valence-electron chi connectivity index (χ0n) is 32.9. The molecule has 0 fully saturated rings. The van der Waals surface area contributed by atoms with Crippen LogP contribution < -0.4 is 92.9 Å². The molecular formula is C44H9B17O. The van der Waals surface area contributed by atoms with Gasteiger partial charge in [-0.25, -0.2) is 0 Å². The maximum atomic E-state index is 7.34. The van der Waals surface area contributed by atoms with Gasteiger partial charge < -0.3 is 4.42 Å². The molecule has 18 heteroatoms. The van der Waals surface area contributed by atoms with Gasteiger partial charge in [0.2, 0.25) is 0 Å². The monoisotopic (exact) mass is 740 g/mol. The van der Waals surface area contributed by atoms with Crippen molar-refractivity contribution in [2.75, 3.05) is 0 Å². The van der Waals surface area contributed by atoms with Gasteiger partial charge in [0.15, 0.2) is 0 Å². The molecule has 242 valence electrons. The van der Waals surface area contributed by atoms with Crippen molar-refractivity contribution in [1.29, 1.82) is 0 Å². The van der Waals surface area contributed by atoms with Crippen LogP contribution in [-0.4, -0.2) is 133 Å². The van der Waals surface area contributed by atoms with E-state index in [0.717, 1.165) is 21.5 Å². The highest BCUT2D eigenvalue weighted by atomic mass is 16.3. The van der Waals surface area contributed by atoms with Crippen molar-refractivity contribution in [2.24, 2.45) is 0 Å². The lowest BCUT2D eigenvalue weighted by Crippen LogP contribution is -2.52. The fourth-order valence-corrected chi connectivity index (χ4v) is 9.38. The summed E-state index contributed by atoms with van der Waals surface area (Å²) in [5.74, 6) is 0. The van der Waals surface area contributed by atoms with Gasteiger partial charge in [-0.2, -0.15) is 0 Å². The molecule has 0 aliphatic rings. The summed E-state index contributed by atoms with van der Waals surface area (Å²) in [4.78, 5) is 0. The maximum absolute atomic E-state index is 7.34. The molecule has 0 aliphatic heterocycles. The summed E-state index contributed by atoms with van der Waals surface area (Å²) < 4.78 is 6.75. The fourth-order valence-electron chi connectivity index (χ4n) is 9.38. The predicted octanol–water partition coefficient (Wildman–Crippen LogP) is -7.82.